The largest absolute Gasteiger partial charge is 0.444 e. The predicted molar refractivity (Wildman–Crippen MR) is 90.5 cm³/mol. The SMILES string of the molecule is CC(C)(C)OC(=O)N1CCC[C@H]1c1cn(Cc2ccccc2)nn1. The monoisotopic (exact) mass is 328 g/mol. The van der Waals surface area contributed by atoms with E-state index in [4.69, 9.17) is 4.74 Å². The molecule has 0 N–H and O–H groups in total. The van der Waals surface area contributed by atoms with E-state index in [1.54, 1.807) is 4.90 Å². The number of carbonyl (C=O) groups excluding carboxylic acids is 1. The second kappa shape index (κ2) is 6.63. The van der Waals surface area contributed by atoms with Gasteiger partial charge in [-0.25, -0.2) is 9.48 Å². The van der Waals surface area contributed by atoms with E-state index < -0.39 is 5.60 Å². The van der Waals surface area contributed by atoms with E-state index >= 15 is 0 Å². The Labute approximate surface area is 142 Å². The van der Waals surface area contributed by atoms with Crippen LogP contribution in [0.2, 0.25) is 0 Å². The van der Waals surface area contributed by atoms with Crippen LogP contribution in [-0.4, -0.2) is 38.1 Å². The topological polar surface area (TPSA) is 60.2 Å². The van der Waals surface area contributed by atoms with Crippen LogP contribution < -0.4 is 0 Å². The zero-order valence-corrected chi connectivity index (χ0v) is 14.5. The molecule has 6 heteroatoms. The minimum Gasteiger partial charge on any atom is -0.444 e. The van der Waals surface area contributed by atoms with Crippen molar-refractivity contribution in [2.75, 3.05) is 6.54 Å². The second-order valence-electron chi connectivity index (χ2n) is 7.16. The van der Waals surface area contributed by atoms with Gasteiger partial charge in [0.05, 0.1) is 18.8 Å². The van der Waals surface area contributed by atoms with Gasteiger partial charge in [0.1, 0.15) is 11.3 Å². The summed E-state index contributed by atoms with van der Waals surface area (Å²) >= 11 is 0. The van der Waals surface area contributed by atoms with Crippen molar-refractivity contribution in [3.63, 3.8) is 0 Å². The van der Waals surface area contributed by atoms with E-state index in [1.807, 2.05) is 49.8 Å². The van der Waals surface area contributed by atoms with Crippen LogP contribution >= 0.6 is 0 Å². The van der Waals surface area contributed by atoms with Crippen LogP contribution in [0.25, 0.3) is 0 Å². The first-order valence-corrected chi connectivity index (χ1v) is 8.36. The summed E-state index contributed by atoms with van der Waals surface area (Å²) in [6, 6.07) is 10.1. The van der Waals surface area contributed by atoms with E-state index in [0.717, 1.165) is 18.5 Å². The molecule has 24 heavy (non-hydrogen) atoms. The van der Waals surface area contributed by atoms with Crippen molar-refractivity contribution in [1.82, 2.24) is 19.9 Å². The van der Waals surface area contributed by atoms with Crippen LogP contribution in [0, 0.1) is 0 Å². The molecule has 0 saturated carbocycles. The summed E-state index contributed by atoms with van der Waals surface area (Å²) in [6.45, 7) is 7.02. The minimum absolute atomic E-state index is 0.0515. The van der Waals surface area contributed by atoms with E-state index in [0.29, 0.717) is 13.1 Å². The van der Waals surface area contributed by atoms with Gasteiger partial charge in [-0.05, 0) is 39.2 Å². The third-order valence-corrected chi connectivity index (χ3v) is 3.97. The number of amides is 1. The molecule has 1 atom stereocenters. The standard InChI is InChI=1S/C18H24N4O2/c1-18(2,3)24-17(23)22-11-7-10-16(22)15-13-21(20-19-15)12-14-8-5-4-6-9-14/h4-6,8-9,13,16H,7,10-12H2,1-3H3/t16-/m0/s1. The number of benzene rings is 1. The van der Waals surface area contributed by atoms with Gasteiger partial charge >= 0.3 is 6.09 Å². The number of hydrogen-bond acceptors (Lipinski definition) is 4. The van der Waals surface area contributed by atoms with Gasteiger partial charge in [-0.3, -0.25) is 4.90 Å². The minimum atomic E-state index is -0.491. The number of ether oxygens (including phenoxy) is 1. The summed E-state index contributed by atoms with van der Waals surface area (Å²) in [6.07, 6.45) is 3.50. The van der Waals surface area contributed by atoms with E-state index in [1.165, 1.54) is 5.56 Å². The maximum atomic E-state index is 12.4. The molecule has 0 spiro atoms. The fraction of sp³-hybridized carbons (Fsp3) is 0.500. The van der Waals surface area contributed by atoms with Crippen LogP contribution in [0.4, 0.5) is 4.79 Å². The predicted octanol–water partition coefficient (Wildman–Crippen LogP) is 3.40. The molecule has 6 nitrogen and oxygen atoms in total. The van der Waals surface area contributed by atoms with Crippen LogP contribution in [0.3, 0.4) is 0 Å². The molecule has 0 radical (unpaired) electrons. The number of hydrogen-bond donors (Lipinski definition) is 0. The molecule has 1 aliphatic heterocycles. The normalized spacial score (nSPS) is 18.0. The van der Waals surface area contributed by atoms with Gasteiger partial charge in [0.2, 0.25) is 0 Å². The Hall–Kier alpha value is -2.37. The first kappa shape index (κ1) is 16.5. The average Bonchev–Trinajstić information content (AvgIpc) is 3.15. The van der Waals surface area contributed by atoms with Crippen LogP contribution in [0.15, 0.2) is 36.5 Å². The number of aromatic nitrogens is 3. The second-order valence-corrected chi connectivity index (χ2v) is 7.16. The van der Waals surface area contributed by atoms with Crippen molar-refractivity contribution in [2.45, 2.75) is 51.8 Å². The molecule has 0 aliphatic carbocycles. The Morgan fingerprint density at radius 2 is 2.04 bits per heavy atom. The Morgan fingerprint density at radius 1 is 1.29 bits per heavy atom. The van der Waals surface area contributed by atoms with Crippen LogP contribution in [-0.2, 0) is 11.3 Å². The average molecular weight is 328 g/mol. The molecule has 0 unspecified atom stereocenters. The summed E-state index contributed by atoms with van der Waals surface area (Å²) < 4.78 is 7.32. The summed E-state index contributed by atoms with van der Waals surface area (Å²) in [5.41, 5.74) is 1.51. The molecule has 1 aliphatic rings. The molecule has 2 heterocycles. The highest BCUT2D eigenvalue weighted by atomic mass is 16.6. The lowest BCUT2D eigenvalue weighted by Crippen LogP contribution is -2.36. The Morgan fingerprint density at radius 3 is 2.75 bits per heavy atom. The van der Waals surface area contributed by atoms with Crippen molar-refractivity contribution in [1.29, 1.82) is 0 Å². The number of nitrogens with zero attached hydrogens (tertiary/aromatic N) is 4. The summed E-state index contributed by atoms with van der Waals surface area (Å²) in [4.78, 5) is 14.2. The first-order chi connectivity index (χ1) is 11.4. The van der Waals surface area contributed by atoms with Gasteiger partial charge in [0.15, 0.2) is 0 Å². The van der Waals surface area contributed by atoms with Crippen molar-refractivity contribution in [2.24, 2.45) is 0 Å². The zero-order valence-electron chi connectivity index (χ0n) is 14.5. The van der Waals surface area contributed by atoms with E-state index in [-0.39, 0.29) is 12.1 Å². The lowest BCUT2D eigenvalue weighted by atomic mass is 10.1. The fourth-order valence-corrected chi connectivity index (χ4v) is 2.93. The number of carbonyl (C=O) groups is 1. The molecule has 2 aromatic rings. The van der Waals surface area contributed by atoms with Crippen molar-refractivity contribution in [3.8, 4) is 0 Å². The molecule has 1 aromatic carbocycles. The molecule has 128 valence electrons. The summed E-state index contributed by atoms with van der Waals surface area (Å²) in [5.74, 6) is 0. The smallest absolute Gasteiger partial charge is 0.410 e. The Balaban J connectivity index is 1.70. The van der Waals surface area contributed by atoms with Crippen molar-refractivity contribution >= 4 is 6.09 Å². The molecular weight excluding hydrogens is 304 g/mol. The third kappa shape index (κ3) is 3.93. The molecule has 3 rings (SSSR count). The maximum absolute atomic E-state index is 12.4. The molecule has 1 saturated heterocycles. The fourth-order valence-electron chi connectivity index (χ4n) is 2.93. The van der Waals surface area contributed by atoms with Gasteiger partial charge in [-0.15, -0.1) is 5.10 Å². The molecule has 0 bridgehead atoms. The van der Waals surface area contributed by atoms with Crippen LogP contribution in [0.5, 0.6) is 0 Å². The van der Waals surface area contributed by atoms with E-state index in [9.17, 15) is 4.79 Å². The number of likely N-dealkylation sites (tertiary alicyclic amines) is 1. The van der Waals surface area contributed by atoms with Gasteiger partial charge in [0.25, 0.3) is 0 Å². The Bertz CT molecular complexity index is 691. The van der Waals surface area contributed by atoms with Gasteiger partial charge in [-0.2, -0.15) is 0 Å². The van der Waals surface area contributed by atoms with Crippen molar-refractivity contribution in [3.05, 3.63) is 47.8 Å². The quantitative estimate of drug-likeness (QED) is 0.866. The highest BCUT2D eigenvalue weighted by Gasteiger charge is 2.34. The lowest BCUT2D eigenvalue weighted by molar-refractivity contribution is 0.0221. The van der Waals surface area contributed by atoms with Gasteiger partial charge < -0.3 is 4.74 Å². The van der Waals surface area contributed by atoms with Gasteiger partial charge in [0, 0.05) is 6.54 Å². The highest BCUT2D eigenvalue weighted by molar-refractivity contribution is 5.69. The van der Waals surface area contributed by atoms with Crippen molar-refractivity contribution < 1.29 is 9.53 Å². The highest BCUT2D eigenvalue weighted by Crippen LogP contribution is 2.31. The van der Waals surface area contributed by atoms with E-state index in [2.05, 4.69) is 22.4 Å². The molecular formula is C18H24N4O2. The number of rotatable bonds is 3. The summed E-state index contributed by atoms with van der Waals surface area (Å²) in [7, 11) is 0. The third-order valence-electron chi connectivity index (χ3n) is 3.97. The summed E-state index contributed by atoms with van der Waals surface area (Å²) in [5, 5.41) is 8.50. The lowest BCUT2D eigenvalue weighted by Gasteiger charge is -2.27. The molecule has 1 amide bonds. The Kier molecular flexibility index (Phi) is 4.55. The maximum Gasteiger partial charge on any atom is 0.410 e. The molecule has 1 aromatic heterocycles. The first-order valence-electron chi connectivity index (χ1n) is 8.36. The zero-order chi connectivity index (χ0) is 17.2. The van der Waals surface area contributed by atoms with Gasteiger partial charge in [-0.1, -0.05) is 35.5 Å². The van der Waals surface area contributed by atoms with Crippen LogP contribution in [0.1, 0.15) is 50.9 Å². The molecule has 1 fully saturated rings.